The maximum atomic E-state index is 13.6. The van der Waals surface area contributed by atoms with Gasteiger partial charge in [-0.15, -0.1) is 0 Å². The third-order valence-corrected chi connectivity index (χ3v) is 4.04. The molecule has 1 fully saturated rings. The fourth-order valence-corrected chi connectivity index (χ4v) is 2.78. The molecule has 2 rings (SSSR count). The average Bonchev–Trinajstić information content (AvgIpc) is 2.39. The molecule has 1 aliphatic carbocycles. The molecule has 1 aliphatic rings. The minimum Gasteiger partial charge on any atom is -0.394 e. The van der Waals surface area contributed by atoms with Crippen molar-refractivity contribution in [2.24, 2.45) is 11.8 Å². The lowest BCUT2D eigenvalue weighted by Gasteiger charge is -2.32. The number of para-hydroxylation sites is 1. The van der Waals surface area contributed by atoms with Crippen molar-refractivity contribution < 1.29 is 9.50 Å². The average molecular weight is 251 g/mol. The zero-order chi connectivity index (χ0) is 13.0. The van der Waals surface area contributed by atoms with Crippen LogP contribution in [0.25, 0.3) is 0 Å². The van der Waals surface area contributed by atoms with E-state index in [0.717, 1.165) is 18.8 Å². The Hall–Kier alpha value is -1.09. The highest BCUT2D eigenvalue weighted by atomic mass is 19.1. The summed E-state index contributed by atoms with van der Waals surface area (Å²) in [4.78, 5) is 0. The minimum atomic E-state index is -0.250. The maximum absolute atomic E-state index is 13.6. The number of aliphatic hydroxyl groups is 1. The molecule has 1 unspecified atom stereocenters. The zero-order valence-corrected chi connectivity index (χ0v) is 10.9. The first-order chi connectivity index (χ1) is 8.70. The van der Waals surface area contributed by atoms with Crippen molar-refractivity contribution in [1.29, 1.82) is 0 Å². The molecule has 100 valence electrons. The summed E-state index contributed by atoms with van der Waals surface area (Å²) in [7, 11) is 0. The maximum Gasteiger partial charge on any atom is 0.146 e. The van der Waals surface area contributed by atoms with Crippen molar-refractivity contribution >= 4 is 5.69 Å². The third kappa shape index (κ3) is 3.22. The summed E-state index contributed by atoms with van der Waals surface area (Å²) >= 11 is 0. The Balaban J connectivity index is 1.99. The Bertz CT molecular complexity index is 375. The largest absolute Gasteiger partial charge is 0.394 e. The van der Waals surface area contributed by atoms with Gasteiger partial charge in [-0.05, 0) is 36.8 Å². The topological polar surface area (TPSA) is 32.3 Å². The molecule has 2 N–H and O–H groups in total. The van der Waals surface area contributed by atoms with Crippen LogP contribution in [0.3, 0.4) is 0 Å². The van der Waals surface area contributed by atoms with E-state index in [9.17, 15) is 9.50 Å². The van der Waals surface area contributed by atoms with Crippen LogP contribution in [0.1, 0.15) is 32.6 Å². The fraction of sp³-hybridized carbons (Fsp3) is 0.600. The molecule has 0 amide bonds. The van der Waals surface area contributed by atoms with Crippen molar-refractivity contribution in [1.82, 2.24) is 0 Å². The number of hydrogen-bond acceptors (Lipinski definition) is 2. The van der Waals surface area contributed by atoms with Crippen LogP contribution in [0.5, 0.6) is 0 Å². The smallest absolute Gasteiger partial charge is 0.146 e. The molecular formula is C15H22FNO. The van der Waals surface area contributed by atoms with Crippen LogP contribution in [0.4, 0.5) is 10.1 Å². The highest BCUT2D eigenvalue weighted by Gasteiger charge is 2.26. The number of nitrogens with one attached hydrogen (secondary N) is 1. The summed E-state index contributed by atoms with van der Waals surface area (Å²) < 4.78 is 13.6. The summed E-state index contributed by atoms with van der Waals surface area (Å²) in [5, 5.41) is 12.7. The number of rotatable bonds is 4. The van der Waals surface area contributed by atoms with Crippen LogP contribution in [0.15, 0.2) is 24.3 Å². The van der Waals surface area contributed by atoms with E-state index in [-0.39, 0.29) is 18.5 Å². The summed E-state index contributed by atoms with van der Waals surface area (Å²) in [5.41, 5.74) is 0.496. The lowest BCUT2D eigenvalue weighted by atomic mass is 9.79. The van der Waals surface area contributed by atoms with Gasteiger partial charge in [0.25, 0.3) is 0 Å². The molecule has 1 aromatic rings. The highest BCUT2D eigenvalue weighted by molar-refractivity contribution is 5.45. The Morgan fingerprint density at radius 2 is 1.94 bits per heavy atom. The molecule has 2 nitrogen and oxygen atoms in total. The SMILES string of the molecule is CC1CCC(C(CO)Nc2ccccc2F)CC1. The molecule has 0 aliphatic heterocycles. The molecule has 0 radical (unpaired) electrons. The summed E-state index contributed by atoms with van der Waals surface area (Å²) in [6, 6.07) is 6.62. The van der Waals surface area contributed by atoms with E-state index in [4.69, 9.17) is 0 Å². The highest BCUT2D eigenvalue weighted by Crippen LogP contribution is 2.31. The predicted octanol–water partition coefficient (Wildman–Crippen LogP) is 3.42. The van der Waals surface area contributed by atoms with Crippen LogP contribution in [-0.2, 0) is 0 Å². The second kappa shape index (κ2) is 6.19. The quantitative estimate of drug-likeness (QED) is 0.859. The van der Waals surface area contributed by atoms with Crippen LogP contribution in [-0.4, -0.2) is 17.8 Å². The van der Waals surface area contributed by atoms with Gasteiger partial charge in [0.2, 0.25) is 0 Å². The Kier molecular flexibility index (Phi) is 4.59. The van der Waals surface area contributed by atoms with Gasteiger partial charge in [0.05, 0.1) is 18.3 Å². The normalized spacial score (nSPS) is 25.7. The molecule has 18 heavy (non-hydrogen) atoms. The Morgan fingerprint density at radius 1 is 1.28 bits per heavy atom. The second-order valence-electron chi connectivity index (χ2n) is 5.43. The molecule has 1 atom stereocenters. The molecule has 0 bridgehead atoms. The van der Waals surface area contributed by atoms with Crippen molar-refractivity contribution in [3.63, 3.8) is 0 Å². The summed E-state index contributed by atoms with van der Waals surface area (Å²) in [6.45, 7) is 2.34. The van der Waals surface area contributed by atoms with Gasteiger partial charge in [-0.1, -0.05) is 31.9 Å². The number of anilines is 1. The summed E-state index contributed by atoms with van der Waals surface area (Å²) in [5.74, 6) is 0.986. The van der Waals surface area contributed by atoms with E-state index in [0.29, 0.717) is 11.6 Å². The van der Waals surface area contributed by atoms with Crippen LogP contribution in [0.2, 0.25) is 0 Å². The molecule has 0 spiro atoms. The number of benzene rings is 1. The van der Waals surface area contributed by atoms with Crippen molar-refractivity contribution in [3.8, 4) is 0 Å². The fourth-order valence-electron chi connectivity index (χ4n) is 2.78. The number of halogens is 1. The van der Waals surface area contributed by atoms with E-state index in [1.54, 1.807) is 12.1 Å². The van der Waals surface area contributed by atoms with Crippen LogP contribution in [0, 0.1) is 17.7 Å². The standard InChI is InChI=1S/C15H22FNO/c1-11-6-8-12(9-7-11)15(10-18)17-14-5-3-2-4-13(14)16/h2-5,11-12,15,17-18H,6-10H2,1H3. The third-order valence-electron chi connectivity index (χ3n) is 4.04. The van der Waals surface area contributed by atoms with Crippen molar-refractivity contribution in [2.75, 3.05) is 11.9 Å². The lowest BCUT2D eigenvalue weighted by Crippen LogP contribution is -2.35. The molecule has 0 saturated heterocycles. The van der Waals surface area contributed by atoms with Crippen molar-refractivity contribution in [3.05, 3.63) is 30.1 Å². The van der Waals surface area contributed by atoms with Gasteiger partial charge in [-0.2, -0.15) is 0 Å². The van der Waals surface area contributed by atoms with Crippen LogP contribution >= 0.6 is 0 Å². The second-order valence-corrected chi connectivity index (χ2v) is 5.43. The first kappa shape index (κ1) is 13.3. The van der Waals surface area contributed by atoms with E-state index in [1.807, 2.05) is 6.07 Å². The molecule has 1 aromatic carbocycles. The van der Waals surface area contributed by atoms with E-state index >= 15 is 0 Å². The first-order valence-electron chi connectivity index (χ1n) is 6.82. The Labute approximate surface area is 108 Å². The summed E-state index contributed by atoms with van der Waals surface area (Å²) in [6.07, 6.45) is 4.65. The van der Waals surface area contributed by atoms with Gasteiger partial charge in [-0.25, -0.2) is 4.39 Å². The van der Waals surface area contributed by atoms with E-state index in [1.165, 1.54) is 18.9 Å². The van der Waals surface area contributed by atoms with Gasteiger partial charge >= 0.3 is 0 Å². The molecule has 0 aromatic heterocycles. The lowest BCUT2D eigenvalue weighted by molar-refractivity contribution is 0.192. The molecule has 0 heterocycles. The Morgan fingerprint density at radius 3 is 2.56 bits per heavy atom. The predicted molar refractivity (Wildman–Crippen MR) is 72.0 cm³/mol. The van der Waals surface area contributed by atoms with E-state index < -0.39 is 0 Å². The first-order valence-corrected chi connectivity index (χ1v) is 6.82. The molecule has 3 heteroatoms. The van der Waals surface area contributed by atoms with Gasteiger partial charge in [-0.3, -0.25) is 0 Å². The zero-order valence-electron chi connectivity index (χ0n) is 10.9. The van der Waals surface area contributed by atoms with Crippen molar-refractivity contribution in [2.45, 2.75) is 38.6 Å². The number of hydrogen-bond donors (Lipinski definition) is 2. The molecule has 1 saturated carbocycles. The molecular weight excluding hydrogens is 229 g/mol. The van der Waals surface area contributed by atoms with Gasteiger partial charge in [0.1, 0.15) is 5.82 Å². The van der Waals surface area contributed by atoms with Gasteiger partial charge in [0, 0.05) is 0 Å². The van der Waals surface area contributed by atoms with Gasteiger partial charge < -0.3 is 10.4 Å². The monoisotopic (exact) mass is 251 g/mol. The van der Waals surface area contributed by atoms with Gasteiger partial charge in [0.15, 0.2) is 0 Å². The van der Waals surface area contributed by atoms with Crippen LogP contribution < -0.4 is 5.32 Å². The van der Waals surface area contributed by atoms with E-state index in [2.05, 4.69) is 12.2 Å². The number of aliphatic hydroxyl groups excluding tert-OH is 1. The minimum absolute atomic E-state index is 0.0330.